The van der Waals surface area contributed by atoms with Crippen molar-refractivity contribution in [2.45, 2.75) is 32.7 Å². The van der Waals surface area contributed by atoms with Gasteiger partial charge in [-0.2, -0.15) is 10.2 Å². The molecule has 0 aliphatic carbocycles. The fraction of sp³-hybridized carbons (Fsp3) is 0.280. The summed E-state index contributed by atoms with van der Waals surface area (Å²) in [5.74, 6) is 0.652. The topological polar surface area (TPSA) is 92.3 Å². The second-order valence-electron chi connectivity index (χ2n) is 7.44. The predicted octanol–water partition coefficient (Wildman–Crippen LogP) is 5.73. The van der Waals surface area contributed by atoms with Gasteiger partial charge < -0.3 is 9.64 Å². The van der Waals surface area contributed by atoms with E-state index in [0.29, 0.717) is 30.4 Å². The van der Waals surface area contributed by atoms with Crippen molar-refractivity contribution in [2.75, 3.05) is 18.6 Å². The van der Waals surface area contributed by atoms with E-state index in [-0.39, 0.29) is 5.69 Å². The summed E-state index contributed by atoms with van der Waals surface area (Å²) in [6.45, 7) is 3.24. The van der Waals surface area contributed by atoms with Crippen molar-refractivity contribution >= 4 is 11.5 Å². The van der Waals surface area contributed by atoms with Gasteiger partial charge in [-0.3, -0.25) is 10.1 Å². The van der Waals surface area contributed by atoms with Gasteiger partial charge in [0.25, 0.3) is 0 Å². The van der Waals surface area contributed by atoms with Crippen LogP contribution in [0.1, 0.15) is 37.3 Å². The first kappa shape index (κ1) is 22.8. The molecule has 3 rings (SSSR count). The fourth-order valence-electron chi connectivity index (χ4n) is 3.57. The molecular weight excluding hydrogens is 404 g/mol. The number of pyridine rings is 1. The summed E-state index contributed by atoms with van der Waals surface area (Å²) in [7, 11) is 1.50. The van der Waals surface area contributed by atoms with E-state index in [1.165, 1.54) is 19.2 Å². The van der Waals surface area contributed by atoms with E-state index in [2.05, 4.69) is 18.0 Å². The molecule has 7 nitrogen and oxygen atoms in total. The lowest BCUT2D eigenvalue weighted by atomic mass is 9.99. The summed E-state index contributed by atoms with van der Waals surface area (Å²) >= 11 is 0. The molecule has 0 amide bonds. The molecule has 1 heterocycles. The normalized spacial score (nSPS) is 10.4. The SMILES string of the molecule is CCCCCN(Cc1ccc(-c2ccccc2C#N)cc1)c1nc(OC)ccc1[N+](=O)[O-]. The molecule has 0 aliphatic heterocycles. The maximum Gasteiger partial charge on any atom is 0.311 e. The van der Waals surface area contributed by atoms with Crippen molar-refractivity contribution in [2.24, 2.45) is 0 Å². The number of nitrogens with zero attached hydrogens (tertiary/aromatic N) is 4. The quantitative estimate of drug-likeness (QED) is 0.232. The van der Waals surface area contributed by atoms with Gasteiger partial charge >= 0.3 is 5.69 Å². The molecule has 0 spiro atoms. The van der Waals surface area contributed by atoms with Gasteiger partial charge in [-0.05, 0) is 29.2 Å². The van der Waals surface area contributed by atoms with E-state index >= 15 is 0 Å². The van der Waals surface area contributed by atoms with Crippen LogP contribution in [0.4, 0.5) is 11.5 Å². The second kappa shape index (κ2) is 10.9. The van der Waals surface area contributed by atoms with Crippen LogP contribution in [0.3, 0.4) is 0 Å². The van der Waals surface area contributed by atoms with Gasteiger partial charge in [-0.15, -0.1) is 0 Å². The Balaban J connectivity index is 1.91. The van der Waals surface area contributed by atoms with Crippen LogP contribution < -0.4 is 9.64 Å². The molecule has 3 aromatic rings. The number of ether oxygens (including phenoxy) is 1. The highest BCUT2D eigenvalue weighted by Gasteiger charge is 2.22. The lowest BCUT2D eigenvalue weighted by Gasteiger charge is -2.24. The van der Waals surface area contributed by atoms with Crippen molar-refractivity contribution in [3.8, 4) is 23.1 Å². The van der Waals surface area contributed by atoms with Crippen LogP contribution in [0.5, 0.6) is 5.88 Å². The Kier molecular flexibility index (Phi) is 7.76. The minimum absolute atomic E-state index is 0.0399. The average Bonchev–Trinajstić information content (AvgIpc) is 2.83. The summed E-state index contributed by atoms with van der Waals surface area (Å²) in [6, 6.07) is 20.6. The van der Waals surface area contributed by atoms with Crippen molar-refractivity contribution < 1.29 is 9.66 Å². The van der Waals surface area contributed by atoms with E-state index in [0.717, 1.165) is 36.0 Å². The maximum absolute atomic E-state index is 11.6. The molecule has 32 heavy (non-hydrogen) atoms. The summed E-state index contributed by atoms with van der Waals surface area (Å²) in [5.41, 5.74) is 3.42. The third-order valence-corrected chi connectivity index (χ3v) is 5.25. The summed E-state index contributed by atoms with van der Waals surface area (Å²) in [5, 5.41) is 21.0. The zero-order valence-electron chi connectivity index (χ0n) is 18.3. The predicted molar refractivity (Wildman–Crippen MR) is 125 cm³/mol. The number of aromatic nitrogens is 1. The third kappa shape index (κ3) is 5.41. The second-order valence-corrected chi connectivity index (χ2v) is 7.44. The molecule has 0 bridgehead atoms. The van der Waals surface area contributed by atoms with E-state index in [1.807, 2.05) is 47.4 Å². The van der Waals surface area contributed by atoms with E-state index in [4.69, 9.17) is 4.74 Å². The monoisotopic (exact) mass is 430 g/mol. The van der Waals surface area contributed by atoms with Crippen LogP contribution in [0.25, 0.3) is 11.1 Å². The number of hydrogen-bond donors (Lipinski definition) is 0. The number of nitro groups is 1. The molecule has 0 aliphatic rings. The maximum atomic E-state index is 11.6. The average molecular weight is 431 g/mol. The third-order valence-electron chi connectivity index (χ3n) is 5.25. The van der Waals surface area contributed by atoms with Crippen molar-refractivity contribution in [1.29, 1.82) is 5.26 Å². The molecule has 0 unspecified atom stereocenters. The molecule has 2 aromatic carbocycles. The highest BCUT2D eigenvalue weighted by atomic mass is 16.6. The Morgan fingerprint density at radius 3 is 2.50 bits per heavy atom. The van der Waals surface area contributed by atoms with Gasteiger partial charge in [0.15, 0.2) is 0 Å². The van der Waals surface area contributed by atoms with Crippen LogP contribution in [-0.2, 0) is 6.54 Å². The van der Waals surface area contributed by atoms with Gasteiger partial charge in [0, 0.05) is 25.2 Å². The number of anilines is 1. The van der Waals surface area contributed by atoms with Crippen LogP contribution >= 0.6 is 0 Å². The van der Waals surface area contributed by atoms with Crippen LogP contribution in [-0.4, -0.2) is 23.6 Å². The summed E-state index contributed by atoms with van der Waals surface area (Å²) < 4.78 is 5.22. The standard InChI is InChI=1S/C25H26N4O3/c1-3-4-7-16-28(25-23(29(30)31)14-15-24(27-25)32-2)18-19-10-12-20(13-11-19)22-9-6-5-8-21(22)17-26/h5-6,8-15H,3-4,7,16,18H2,1-2H3. The zero-order valence-corrected chi connectivity index (χ0v) is 18.3. The van der Waals surface area contributed by atoms with E-state index in [1.54, 1.807) is 6.07 Å². The van der Waals surface area contributed by atoms with Crippen LogP contribution in [0, 0.1) is 21.4 Å². The van der Waals surface area contributed by atoms with E-state index in [9.17, 15) is 15.4 Å². The molecule has 0 N–H and O–H groups in total. The molecule has 0 radical (unpaired) electrons. The summed E-state index contributed by atoms with van der Waals surface area (Å²) in [4.78, 5) is 17.6. The number of nitriles is 1. The molecule has 0 atom stereocenters. The molecule has 0 saturated heterocycles. The van der Waals surface area contributed by atoms with Gasteiger partial charge in [0.1, 0.15) is 0 Å². The highest BCUT2D eigenvalue weighted by Crippen LogP contribution is 2.31. The fourth-order valence-corrected chi connectivity index (χ4v) is 3.57. The van der Waals surface area contributed by atoms with Gasteiger partial charge in [-0.25, -0.2) is 0 Å². The zero-order chi connectivity index (χ0) is 22.9. The van der Waals surface area contributed by atoms with Gasteiger partial charge in [0.05, 0.1) is 23.7 Å². The lowest BCUT2D eigenvalue weighted by molar-refractivity contribution is -0.384. The Hall–Kier alpha value is -3.92. The number of hydrogen-bond acceptors (Lipinski definition) is 6. The minimum Gasteiger partial charge on any atom is -0.481 e. The molecule has 1 aromatic heterocycles. The largest absolute Gasteiger partial charge is 0.481 e. The lowest BCUT2D eigenvalue weighted by Crippen LogP contribution is -2.26. The van der Waals surface area contributed by atoms with Crippen LogP contribution in [0.15, 0.2) is 60.7 Å². The molecular formula is C25H26N4O3. The highest BCUT2D eigenvalue weighted by molar-refractivity contribution is 5.70. The Labute approximate surface area is 188 Å². The van der Waals surface area contributed by atoms with E-state index < -0.39 is 4.92 Å². The first-order valence-electron chi connectivity index (χ1n) is 10.6. The van der Waals surface area contributed by atoms with Gasteiger partial charge in [0.2, 0.25) is 11.7 Å². The van der Waals surface area contributed by atoms with Gasteiger partial charge in [-0.1, -0.05) is 62.2 Å². The first-order chi connectivity index (χ1) is 15.6. The first-order valence-corrected chi connectivity index (χ1v) is 10.6. The number of methoxy groups -OCH3 is 1. The summed E-state index contributed by atoms with van der Waals surface area (Å²) in [6.07, 6.45) is 2.98. The Morgan fingerprint density at radius 1 is 1.09 bits per heavy atom. The number of unbranched alkanes of at least 4 members (excludes halogenated alkanes) is 2. The van der Waals surface area contributed by atoms with Crippen molar-refractivity contribution in [1.82, 2.24) is 4.98 Å². The van der Waals surface area contributed by atoms with Crippen LogP contribution in [0.2, 0.25) is 0 Å². The van der Waals surface area contributed by atoms with Crippen molar-refractivity contribution in [3.05, 3.63) is 81.9 Å². The number of rotatable bonds is 10. The number of benzene rings is 2. The smallest absolute Gasteiger partial charge is 0.311 e. The molecule has 0 saturated carbocycles. The Morgan fingerprint density at radius 2 is 1.84 bits per heavy atom. The molecule has 7 heteroatoms. The molecule has 164 valence electrons. The molecule has 0 fully saturated rings. The Bertz CT molecular complexity index is 1110. The van der Waals surface area contributed by atoms with Crippen molar-refractivity contribution in [3.63, 3.8) is 0 Å². The minimum atomic E-state index is -0.406.